The molecule has 0 saturated carbocycles. The van der Waals surface area contributed by atoms with Crippen LogP contribution in [0.5, 0.6) is 0 Å². The number of carbonyl (C=O) groups is 1. The second-order valence-electron chi connectivity index (χ2n) is 4.59. The molecule has 1 heterocycles. The van der Waals surface area contributed by atoms with Crippen LogP contribution in [0, 0.1) is 0 Å². The maximum absolute atomic E-state index is 12.1. The van der Waals surface area contributed by atoms with Gasteiger partial charge in [0.25, 0.3) is 5.91 Å². The minimum Gasteiger partial charge on any atom is -0.322 e. The number of hydrogen-bond donors (Lipinski definition) is 2. The Labute approximate surface area is 123 Å². The van der Waals surface area contributed by atoms with Gasteiger partial charge in [-0.3, -0.25) is 4.79 Å². The van der Waals surface area contributed by atoms with Gasteiger partial charge in [-0.05, 0) is 30.5 Å². The normalized spacial score (nSPS) is 12.2. The van der Waals surface area contributed by atoms with E-state index in [1.54, 1.807) is 5.38 Å². The lowest BCUT2D eigenvalue weighted by Gasteiger charge is -2.05. The molecule has 5 heteroatoms. The zero-order valence-corrected chi connectivity index (χ0v) is 12.5. The number of carbonyl (C=O) groups excluding carboxylic acids is 1. The van der Waals surface area contributed by atoms with Crippen molar-refractivity contribution >= 4 is 22.9 Å². The van der Waals surface area contributed by atoms with E-state index in [4.69, 9.17) is 5.73 Å². The van der Waals surface area contributed by atoms with Crippen LogP contribution >= 0.6 is 11.3 Å². The van der Waals surface area contributed by atoms with Gasteiger partial charge in [-0.15, -0.1) is 11.3 Å². The predicted molar refractivity (Wildman–Crippen MR) is 83.1 cm³/mol. The third kappa shape index (κ3) is 3.43. The van der Waals surface area contributed by atoms with E-state index in [2.05, 4.69) is 17.2 Å². The fraction of sp³-hybridized carbons (Fsp3) is 0.333. The largest absolute Gasteiger partial charge is 0.322 e. The molecule has 0 aliphatic heterocycles. The van der Waals surface area contributed by atoms with E-state index >= 15 is 0 Å². The zero-order chi connectivity index (χ0) is 14.5. The fourth-order valence-electron chi connectivity index (χ4n) is 1.80. The molecule has 20 heavy (non-hydrogen) atoms. The molecule has 0 bridgehead atoms. The Bertz CT molecular complexity index is 594. The number of rotatable bonds is 5. The first-order chi connectivity index (χ1) is 9.63. The van der Waals surface area contributed by atoms with Gasteiger partial charge in [0.1, 0.15) is 10.7 Å². The molecule has 1 aromatic carbocycles. The molecule has 3 N–H and O–H groups in total. The Balaban J connectivity index is 2.09. The SMILES string of the molecule is CCc1cccc(NC(=O)c2csc(C(N)CC)n2)c1. The van der Waals surface area contributed by atoms with Gasteiger partial charge in [0.2, 0.25) is 0 Å². The highest BCUT2D eigenvalue weighted by Gasteiger charge is 2.14. The topological polar surface area (TPSA) is 68.0 Å². The standard InChI is InChI=1S/C15H19N3OS/c1-3-10-6-5-7-11(8-10)17-14(19)13-9-20-15(18-13)12(16)4-2/h5-9,12H,3-4,16H2,1-2H3,(H,17,19). The summed E-state index contributed by atoms with van der Waals surface area (Å²) in [5, 5.41) is 5.43. The number of nitrogens with one attached hydrogen (secondary N) is 1. The third-order valence-corrected chi connectivity index (χ3v) is 4.08. The maximum atomic E-state index is 12.1. The van der Waals surface area contributed by atoms with Crippen LogP contribution in [0.1, 0.15) is 47.4 Å². The Kier molecular flexibility index (Phi) is 4.87. The summed E-state index contributed by atoms with van der Waals surface area (Å²) in [6, 6.07) is 7.74. The van der Waals surface area contributed by atoms with Crippen molar-refractivity contribution in [1.82, 2.24) is 4.98 Å². The molecular formula is C15H19N3OS. The van der Waals surface area contributed by atoms with Gasteiger partial charge in [0, 0.05) is 11.1 Å². The molecule has 0 saturated heterocycles. The Morgan fingerprint density at radius 2 is 2.25 bits per heavy atom. The van der Waals surface area contributed by atoms with Crippen LogP contribution < -0.4 is 11.1 Å². The van der Waals surface area contributed by atoms with Crippen molar-refractivity contribution in [3.8, 4) is 0 Å². The molecule has 0 fully saturated rings. The van der Waals surface area contributed by atoms with E-state index < -0.39 is 0 Å². The number of aryl methyl sites for hydroxylation is 1. The molecule has 0 spiro atoms. The number of amides is 1. The van der Waals surface area contributed by atoms with Crippen LogP contribution in [0.2, 0.25) is 0 Å². The monoisotopic (exact) mass is 289 g/mol. The van der Waals surface area contributed by atoms with E-state index in [9.17, 15) is 4.79 Å². The molecule has 4 nitrogen and oxygen atoms in total. The van der Waals surface area contributed by atoms with Crippen LogP contribution in [0.15, 0.2) is 29.6 Å². The van der Waals surface area contributed by atoms with E-state index in [-0.39, 0.29) is 11.9 Å². The Morgan fingerprint density at radius 1 is 1.45 bits per heavy atom. The van der Waals surface area contributed by atoms with Crippen molar-refractivity contribution in [3.05, 3.63) is 45.9 Å². The minimum absolute atomic E-state index is 0.0926. The molecule has 2 aromatic rings. The van der Waals surface area contributed by atoms with E-state index in [0.29, 0.717) is 5.69 Å². The molecule has 1 atom stereocenters. The quantitative estimate of drug-likeness (QED) is 0.886. The highest BCUT2D eigenvalue weighted by atomic mass is 32.1. The third-order valence-electron chi connectivity index (χ3n) is 3.10. The summed E-state index contributed by atoms with van der Waals surface area (Å²) in [5.41, 5.74) is 8.33. The highest BCUT2D eigenvalue weighted by Crippen LogP contribution is 2.20. The summed E-state index contributed by atoms with van der Waals surface area (Å²) in [4.78, 5) is 16.4. The summed E-state index contributed by atoms with van der Waals surface area (Å²) < 4.78 is 0. The number of aromatic nitrogens is 1. The molecule has 2 rings (SSSR count). The van der Waals surface area contributed by atoms with Crippen LogP contribution in [0.25, 0.3) is 0 Å². The zero-order valence-electron chi connectivity index (χ0n) is 11.7. The van der Waals surface area contributed by atoms with Gasteiger partial charge in [0.05, 0.1) is 6.04 Å². The minimum atomic E-state index is -0.191. The summed E-state index contributed by atoms with van der Waals surface area (Å²) in [6.07, 6.45) is 1.75. The van der Waals surface area contributed by atoms with Crippen molar-refractivity contribution < 1.29 is 4.79 Å². The predicted octanol–water partition coefficient (Wildman–Crippen LogP) is 3.37. The van der Waals surface area contributed by atoms with E-state index in [0.717, 1.165) is 23.5 Å². The highest BCUT2D eigenvalue weighted by molar-refractivity contribution is 7.09. The summed E-state index contributed by atoms with van der Waals surface area (Å²) in [5.74, 6) is -0.191. The van der Waals surface area contributed by atoms with Crippen LogP contribution in [-0.4, -0.2) is 10.9 Å². The molecule has 1 amide bonds. The number of benzene rings is 1. The lowest BCUT2D eigenvalue weighted by atomic mass is 10.1. The van der Waals surface area contributed by atoms with Crippen LogP contribution in [-0.2, 0) is 6.42 Å². The first kappa shape index (κ1) is 14.7. The molecule has 0 radical (unpaired) electrons. The number of anilines is 1. The number of thiazole rings is 1. The number of nitrogens with two attached hydrogens (primary N) is 1. The van der Waals surface area contributed by atoms with Crippen LogP contribution in [0.3, 0.4) is 0 Å². The van der Waals surface area contributed by atoms with Gasteiger partial charge in [-0.1, -0.05) is 26.0 Å². The van der Waals surface area contributed by atoms with Crippen molar-refractivity contribution in [1.29, 1.82) is 0 Å². The number of hydrogen-bond acceptors (Lipinski definition) is 4. The molecule has 1 unspecified atom stereocenters. The molecular weight excluding hydrogens is 270 g/mol. The second kappa shape index (κ2) is 6.63. The van der Waals surface area contributed by atoms with Crippen molar-refractivity contribution in [2.24, 2.45) is 5.73 Å². The van der Waals surface area contributed by atoms with E-state index in [1.807, 2.05) is 31.2 Å². The fourth-order valence-corrected chi connectivity index (χ4v) is 2.69. The lowest BCUT2D eigenvalue weighted by molar-refractivity contribution is 0.102. The average Bonchev–Trinajstić information content (AvgIpc) is 2.96. The van der Waals surface area contributed by atoms with Crippen LogP contribution in [0.4, 0.5) is 5.69 Å². The molecule has 106 valence electrons. The second-order valence-corrected chi connectivity index (χ2v) is 5.48. The van der Waals surface area contributed by atoms with Gasteiger partial charge in [-0.2, -0.15) is 0 Å². The Hall–Kier alpha value is -1.72. The smallest absolute Gasteiger partial charge is 0.275 e. The number of nitrogens with zero attached hydrogens (tertiary/aromatic N) is 1. The van der Waals surface area contributed by atoms with E-state index in [1.165, 1.54) is 16.9 Å². The molecule has 1 aromatic heterocycles. The van der Waals surface area contributed by atoms with Crippen molar-refractivity contribution in [3.63, 3.8) is 0 Å². The van der Waals surface area contributed by atoms with Crippen molar-refractivity contribution in [2.75, 3.05) is 5.32 Å². The maximum Gasteiger partial charge on any atom is 0.275 e. The average molecular weight is 289 g/mol. The Morgan fingerprint density at radius 3 is 2.95 bits per heavy atom. The first-order valence-corrected chi connectivity index (χ1v) is 7.63. The van der Waals surface area contributed by atoms with Gasteiger partial charge < -0.3 is 11.1 Å². The summed E-state index contributed by atoms with van der Waals surface area (Å²) in [7, 11) is 0. The molecule has 0 aliphatic rings. The van der Waals surface area contributed by atoms with Gasteiger partial charge in [0.15, 0.2) is 0 Å². The van der Waals surface area contributed by atoms with Gasteiger partial charge in [-0.25, -0.2) is 4.98 Å². The summed E-state index contributed by atoms with van der Waals surface area (Å²) >= 11 is 1.43. The lowest BCUT2D eigenvalue weighted by Crippen LogP contribution is -2.14. The van der Waals surface area contributed by atoms with Gasteiger partial charge >= 0.3 is 0 Å². The molecule has 0 aliphatic carbocycles. The summed E-state index contributed by atoms with van der Waals surface area (Å²) in [6.45, 7) is 4.09. The first-order valence-electron chi connectivity index (χ1n) is 6.75. The van der Waals surface area contributed by atoms with Crippen molar-refractivity contribution in [2.45, 2.75) is 32.7 Å².